The van der Waals surface area contributed by atoms with Gasteiger partial charge >= 0.3 is 6.18 Å². The maximum absolute atomic E-state index is 13.7. The lowest BCUT2D eigenvalue weighted by atomic mass is 9.86. The molecular weight excluding hydrogens is 427 g/mol. The highest BCUT2D eigenvalue weighted by atomic mass is 19.4. The van der Waals surface area contributed by atoms with Crippen LogP contribution in [0.15, 0.2) is 18.5 Å². The zero-order chi connectivity index (χ0) is 23.6. The lowest BCUT2D eigenvalue weighted by Crippen LogP contribution is -2.59. The maximum atomic E-state index is 13.7. The van der Waals surface area contributed by atoms with Crippen LogP contribution in [0.2, 0.25) is 0 Å². The van der Waals surface area contributed by atoms with Gasteiger partial charge in [0, 0.05) is 44.7 Å². The number of amides is 1. The summed E-state index contributed by atoms with van der Waals surface area (Å²) in [7, 11) is 1.57. The van der Waals surface area contributed by atoms with Crippen LogP contribution in [0.5, 0.6) is 0 Å². The molecule has 32 heavy (non-hydrogen) atoms. The fraction of sp³-hybridized carbons (Fsp3) is 0.714. The summed E-state index contributed by atoms with van der Waals surface area (Å²) in [4.78, 5) is 25.6. The van der Waals surface area contributed by atoms with E-state index in [4.69, 9.17) is 14.9 Å². The van der Waals surface area contributed by atoms with Gasteiger partial charge in [-0.15, -0.1) is 0 Å². The van der Waals surface area contributed by atoms with Crippen LogP contribution in [0.25, 0.3) is 0 Å². The van der Waals surface area contributed by atoms with Gasteiger partial charge in [0.2, 0.25) is 5.91 Å². The number of carbonyl (C=O) groups is 1. The van der Waals surface area contributed by atoms with Crippen LogP contribution in [0.1, 0.15) is 45.4 Å². The van der Waals surface area contributed by atoms with E-state index in [0.717, 1.165) is 6.92 Å². The molecule has 1 aromatic heterocycles. The van der Waals surface area contributed by atoms with E-state index < -0.39 is 29.3 Å². The Morgan fingerprint density at radius 3 is 2.34 bits per heavy atom. The second kappa shape index (κ2) is 9.21. The van der Waals surface area contributed by atoms with Crippen molar-refractivity contribution in [2.24, 2.45) is 0 Å². The van der Waals surface area contributed by atoms with Gasteiger partial charge in [0.25, 0.3) is 6.02 Å². The highest BCUT2D eigenvalue weighted by molar-refractivity contribution is 5.91. The zero-order valence-electron chi connectivity index (χ0n) is 18.6. The van der Waals surface area contributed by atoms with E-state index in [0.29, 0.717) is 57.7 Å². The van der Waals surface area contributed by atoms with Gasteiger partial charge in [-0.25, -0.2) is 9.97 Å². The standard InChI is InChI=1S/C21H30F3N5O3/c1-15(21(22,23)24)32-18(25)28-11-7-19(2,8-12-28)29(13-14-31-3)17(30)20(5-6-20)16-26-9-4-10-27-16/h4,9-10,15,25H,5-8,11-14H2,1-3H3. The number of ether oxygens (including phenoxy) is 2. The first-order valence-electron chi connectivity index (χ1n) is 10.7. The lowest BCUT2D eigenvalue weighted by molar-refractivity contribution is -0.195. The molecule has 0 spiro atoms. The summed E-state index contributed by atoms with van der Waals surface area (Å²) in [6.45, 7) is 4.23. The second-order valence-corrected chi connectivity index (χ2v) is 8.69. The summed E-state index contributed by atoms with van der Waals surface area (Å²) >= 11 is 0. The number of likely N-dealkylation sites (tertiary alicyclic amines) is 1. The Kier molecular flexibility index (Phi) is 6.97. The van der Waals surface area contributed by atoms with Crippen molar-refractivity contribution in [3.05, 3.63) is 24.3 Å². The number of methoxy groups -OCH3 is 1. The first-order valence-corrected chi connectivity index (χ1v) is 10.7. The number of halogens is 3. The quantitative estimate of drug-likeness (QED) is 0.500. The number of hydrogen-bond acceptors (Lipinski definition) is 6. The average Bonchev–Trinajstić information content (AvgIpc) is 3.56. The third-order valence-corrected chi connectivity index (χ3v) is 6.45. The highest BCUT2D eigenvalue weighted by Crippen LogP contribution is 2.49. The molecule has 1 aliphatic heterocycles. The molecule has 3 rings (SSSR count). The van der Waals surface area contributed by atoms with Crippen molar-refractivity contribution in [1.29, 1.82) is 5.41 Å². The number of aromatic nitrogens is 2. The predicted molar refractivity (Wildman–Crippen MR) is 110 cm³/mol. The number of alkyl halides is 3. The van der Waals surface area contributed by atoms with Gasteiger partial charge in [0.15, 0.2) is 6.10 Å². The van der Waals surface area contributed by atoms with Crippen molar-refractivity contribution in [1.82, 2.24) is 19.8 Å². The van der Waals surface area contributed by atoms with Crippen LogP contribution in [-0.2, 0) is 19.7 Å². The van der Waals surface area contributed by atoms with E-state index in [1.165, 1.54) is 4.90 Å². The Labute approximate surface area is 185 Å². The largest absolute Gasteiger partial charge is 0.453 e. The first kappa shape index (κ1) is 24.2. The Bertz CT molecular complexity index is 809. The minimum Gasteiger partial charge on any atom is -0.453 e. The third-order valence-electron chi connectivity index (χ3n) is 6.45. The number of nitrogens with zero attached hydrogens (tertiary/aromatic N) is 4. The van der Waals surface area contributed by atoms with Gasteiger partial charge < -0.3 is 19.3 Å². The summed E-state index contributed by atoms with van der Waals surface area (Å²) in [6.07, 6.45) is -1.00. The van der Waals surface area contributed by atoms with Crippen molar-refractivity contribution < 1.29 is 27.4 Å². The molecular formula is C21H30F3N5O3. The summed E-state index contributed by atoms with van der Waals surface area (Å²) in [5, 5.41) is 7.93. The molecule has 0 bridgehead atoms. The van der Waals surface area contributed by atoms with E-state index in [1.54, 1.807) is 25.6 Å². The molecule has 1 amide bonds. The monoisotopic (exact) mass is 457 g/mol. The molecule has 11 heteroatoms. The van der Waals surface area contributed by atoms with Crippen molar-refractivity contribution in [3.63, 3.8) is 0 Å². The van der Waals surface area contributed by atoms with Gasteiger partial charge in [-0.2, -0.15) is 13.2 Å². The van der Waals surface area contributed by atoms with Crippen LogP contribution in [0, 0.1) is 5.41 Å². The fourth-order valence-corrected chi connectivity index (χ4v) is 4.03. The summed E-state index contributed by atoms with van der Waals surface area (Å²) in [6, 6.07) is 1.21. The first-order chi connectivity index (χ1) is 15.0. The van der Waals surface area contributed by atoms with Crippen molar-refractivity contribution in [2.45, 2.75) is 62.8 Å². The predicted octanol–water partition coefficient (Wildman–Crippen LogP) is 2.74. The van der Waals surface area contributed by atoms with Crippen molar-refractivity contribution in [2.75, 3.05) is 33.4 Å². The highest BCUT2D eigenvalue weighted by Gasteiger charge is 2.57. The van der Waals surface area contributed by atoms with E-state index >= 15 is 0 Å². The molecule has 178 valence electrons. The SMILES string of the molecule is COCCN(C(=O)C1(c2ncccn2)CC1)C1(C)CCN(C(=N)OC(C)C(F)(F)F)CC1. The molecule has 2 heterocycles. The number of rotatable bonds is 7. The Morgan fingerprint density at radius 1 is 1.25 bits per heavy atom. The number of hydrogen-bond donors (Lipinski definition) is 1. The van der Waals surface area contributed by atoms with E-state index in [9.17, 15) is 18.0 Å². The van der Waals surface area contributed by atoms with E-state index in [-0.39, 0.29) is 5.91 Å². The van der Waals surface area contributed by atoms with Gasteiger partial charge in [0.05, 0.1) is 6.61 Å². The van der Waals surface area contributed by atoms with Gasteiger partial charge in [0.1, 0.15) is 11.2 Å². The van der Waals surface area contributed by atoms with Gasteiger partial charge in [-0.3, -0.25) is 10.2 Å². The molecule has 2 aliphatic rings. The minimum atomic E-state index is -4.53. The molecule has 0 radical (unpaired) electrons. The smallest absolute Gasteiger partial charge is 0.425 e. The Morgan fingerprint density at radius 2 is 1.84 bits per heavy atom. The molecule has 0 aromatic carbocycles. The van der Waals surface area contributed by atoms with E-state index in [1.807, 2.05) is 11.8 Å². The summed E-state index contributed by atoms with van der Waals surface area (Å²) in [5.74, 6) is 0.471. The maximum Gasteiger partial charge on any atom is 0.425 e. The van der Waals surface area contributed by atoms with Crippen LogP contribution in [-0.4, -0.2) is 82.9 Å². The zero-order valence-corrected chi connectivity index (χ0v) is 18.6. The van der Waals surface area contributed by atoms with Gasteiger partial charge in [-0.05, 0) is 45.6 Å². The molecule has 2 fully saturated rings. The number of carbonyl (C=O) groups excluding carboxylic acids is 1. The van der Waals surface area contributed by atoms with Crippen LogP contribution in [0.3, 0.4) is 0 Å². The van der Waals surface area contributed by atoms with Crippen molar-refractivity contribution in [3.8, 4) is 0 Å². The lowest BCUT2D eigenvalue weighted by Gasteiger charge is -2.48. The summed E-state index contributed by atoms with van der Waals surface area (Å²) in [5.41, 5.74) is -1.26. The number of amidine groups is 1. The number of nitrogens with one attached hydrogen (secondary N) is 1. The molecule has 1 aromatic rings. The minimum absolute atomic E-state index is 0.0475. The molecule has 1 saturated carbocycles. The van der Waals surface area contributed by atoms with Crippen LogP contribution in [0.4, 0.5) is 13.2 Å². The average molecular weight is 457 g/mol. The molecule has 1 atom stereocenters. The van der Waals surface area contributed by atoms with Crippen LogP contribution >= 0.6 is 0 Å². The molecule has 8 nitrogen and oxygen atoms in total. The molecule has 1 unspecified atom stereocenters. The Balaban J connectivity index is 1.71. The fourth-order valence-electron chi connectivity index (χ4n) is 4.03. The third kappa shape index (κ3) is 4.97. The van der Waals surface area contributed by atoms with Gasteiger partial charge in [-0.1, -0.05) is 0 Å². The Hall–Kier alpha value is -2.43. The molecule has 1 N–H and O–H groups in total. The molecule has 1 saturated heterocycles. The van der Waals surface area contributed by atoms with E-state index in [2.05, 4.69) is 9.97 Å². The normalized spacial score (nSPS) is 20.4. The second-order valence-electron chi connectivity index (χ2n) is 8.69. The molecule has 1 aliphatic carbocycles. The summed E-state index contributed by atoms with van der Waals surface area (Å²) < 4.78 is 48.3. The number of piperidine rings is 1. The van der Waals surface area contributed by atoms with Crippen LogP contribution < -0.4 is 0 Å². The topological polar surface area (TPSA) is 91.6 Å². The van der Waals surface area contributed by atoms with Crippen molar-refractivity contribution >= 4 is 11.9 Å².